The minimum atomic E-state index is -5.08. The molecule has 0 atom stereocenters. The molecule has 0 saturated carbocycles. The Bertz CT molecular complexity index is 1110. The minimum absolute atomic E-state index is 0.327. The van der Waals surface area contributed by atoms with Gasteiger partial charge in [-0.3, -0.25) is 9.80 Å². The van der Waals surface area contributed by atoms with E-state index in [2.05, 4.69) is 52.4 Å². The topological polar surface area (TPSA) is 117 Å². The number of aromatic nitrogens is 2. The Hall–Kier alpha value is -3.53. The number of alkyl halides is 6. The van der Waals surface area contributed by atoms with Crippen molar-refractivity contribution in [3.8, 4) is 11.5 Å². The van der Waals surface area contributed by atoms with Crippen LogP contribution in [0.3, 0.4) is 0 Å². The molecule has 0 fully saturated rings. The van der Waals surface area contributed by atoms with Crippen LogP contribution in [0.2, 0.25) is 0 Å². The number of imidazole rings is 1. The fraction of sp³-hybridized carbons (Fsp3) is 0.522. The van der Waals surface area contributed by atoms with Gasteiger partial charge >= 0.3 is 24.3 Å². The number of ether oxygens (including phenoxy) is 2. The third-order valence-electron chi connectivity index (χ3n) is 5.65. The number of rotatable bonds is 5. The Balaban J connectivity index is 0.000000317. The molecule has 0 aliphatic carbocycles. The van der Waals surface area contributed by atoms with Crippen LogP contribution in [0.5, 0.6) is 11.5 Å². The molecule has 0 spiro atoms. The summed E-state index contributed by atoms with van der Waals surface area (Å²) in [4.78, 5) is 27.3. The summed E-state index contributed by atoms with van der Waals surface area (Å²) in [5, 5.41) is 14.2. The van der Waals surface area contributed by atoms with E-state index in [0.29, 0.717) is 12.8 Å². The van der Waals surface area contributed by atoms with Gasteiger partial charge in [-0.05, 0) is 38.6 Å². The summed E-state index contributed by atoms with van der Waals surface area (Å²) in [7, 11) is 2.17. The summed E-state index contributed by atoms with van der Waals surface area (Å²) >= 11 is 0. The smallest absolute Gasteiger partial charge is 0.475 e. The van der Waals surface area contributed by atoms with Gasteiger partial charge in [0.25, 0.3) is 0 Å². The highest BCUT2D eigenvalue weighted by Gasteiger charge is 2.38. The van der Waals surface area contributed by atoms with E-state index in [9.17, 15) is 26.3 Å². The van der Waals surface area contributed by atoms with Crippen LogP contribution in [0.1, 0.15) is 30.9 Å². The van der Waals surface area contributed by atoms with Crippen molar-refractivity contribution in [1.29, 1.82) is 0 Å². The minimum Gasteiger partial charge on any atom is -0.475 e. The van der Waals surface area contributed by atoms with E-state index in [1.165, 1.54) is 17.1 Å². The van der Waals surface area contributed by atoms with E-state index >= 15 is 0 Å². The van der Waals surface area contributed by atoms with Crippen LogP contribution in [0.15, 0.2) is 24.4 Å². The van der Waals surface area contributed by atoms with Crippen molar-refractivity contribution in [2.75, 3.05) is 20.4 Å². The normalized spacial score (nSPS) is 14.7. The maximum atomic E-state index is 10.6. The number of hydrogen-bond donors (Lipinski definition) is 2. The lowest BCUT2D eigenvalue weighted by molar-refractivity contribution is -0.193. The fourth-order valence-electron chi connectivity index (χ4n) is 3.37. The van der Waals surface area contributed by atoms with Crippen LogP contribution in [-0.2, 0) is 35.8 Å². The van der Waals surface area contributed by atoms with E-state index in [1.807, 2.05) is 12.3 Å². The first-order chi connectivity index (χ1) is 18.0. The molecular weight excluding hydrogens is 542 g/mol. The number of hydrogen-bond acceptors (Lipinski definition) is 7. The quantitative estimate of drug-likeness (QED) is 0.519. The van der Waals surface area contributed by atoms with E-state index < -0.39 is 24.3 Å². The summed E-state index contributed by atoms with van der Waals surface area (Å²) in [6.07, 6.45) is -8.13. The molecule has 218 valence electrons. The van der Waals surface area contributed by atoms with Crippen molar-refractivity contribution in [3.63, 3.8) is 0 Å². The molecule has 0 amide bonds. The van der Waals surface area contributed by atoms with E-state index in [1.54, 1.807) is 0 Å². The zero-order valence-corrected chi connectivity index (χ0v) is 21.2. The molecular formula is C23H28F6N4O6. The summed E-state index contributed by atoms with van der Waals surface area (Å²) in [5.74, 6) is -2.65. The van der Waals surface area contributed by atoms with Crippen molar-refractivity contribution in [3.05, 3.63) is 41.5 Å². The molecule has 0 bridgehead atoms. The molecule has 1 aromatic carbocycles. The molecule has 10 nitrogen and oxygen atoms in total. The number of carboxylic acids is 2. The molecule has 3 heterocycles. The summed E-state index contributed by atoms with van der Waals surface area (Å²) in [6.45, 7) is 9.56. The van der Waals surface area contributed by atoms with Crippen LogP contribution in [0, 0.1) is 0 Å². The van der Waals surface area contributed by atoms with Crippen LogP contribution in [0.4, 0.5) is 26.3 Å². The zero-order valence-electron chi connectivity index (χ0n) is 21.2. The molecule has 1 aromatic heterocycles. The van der Waals surface area contributed by atoms with E-state index in [0.717, 1.165) is 44.2 Å². The van der Waals surface area contributed by atoms with Crippen LogP contribution in [-0.4, -0.2) is 80.3 Å². The van der Waals surface area contributed by atoms with Crippen molar-refractivity contribution in [2.24, 2.45) is 0 Å². The van der Waals surface area contributed by atoms with E-state index in [4.69, 9.17) is 29.3 Å². The second-order valence-electron chi connectivity index (χ2n) is 8.83. The maximum absolute atomic E-state index is 10.6. The van der Waals surface area contributed by atoms with Crippen molar-refractivity contribution in [1.82, 2.24) is 19.4 Å². The van der Waals surface area contributed by atoms with Gasteiger partial charge in [0.1, 0.15) is 5.82 Å². The highest BCUT2D eigenvalue weighted by atomic mass is 19.4. The van der Waals surface area contributed by atoms with Gasteiger partial charge in [0.15, 0.2) is 11.5 Å². The lowest BCUT2D eigenvalue weighted by Crippen LogP contribution is -2.35. The van der Waals surface area contributed by atoms with Gasteiger partial charge in [-0.2, -0.15) is 26.3 Å². The lowest BCUT2D eigenvalue weighted by Gasteiger charge is -2.29. The highest BCUT2D eigenvalue weighted by molar-refractivity contribution is 5.73. The van der Waals surface area contributed by atoms with Crippen molar-refractivity contribution in [2.45, 2.75) is 58.4 Å². The molecule has 2 aromatic rings. The maximum Gasteiger partial charge on any atom is 0.490 e. The molecule has 0 saturated heterocycles. The number of nitrogens with zero attached hydrogens (tertiary/aromatic N) is 4. The Labute approximate surface area is 219 Å². The monoisotopic (exact) mass is 570 g/mol. The summed E-state index contributed by atoms with van der Waals surface area (Å²) < 4.78 is 76.7. The fourth-order valence-corrected chi connectivity index (χ4v) is 3.37. The third-order valence-corrected chi connectivity index (χ3v) is 5.65. The first kappa shape index (κ1) is 31.7. The number of fused-ring (bicyclic) bond motifs is 2. The molecule has 0 radical (unpaired) electrons. The Morgan fingerprint density at radius 2 is 1.59 bits per heavy atom. The predicted octanol–water partition coefficient (Wildman–Crippen LogP) is 3.73. The first-order valence-corrected chi connectivity index (χ1v) is 11.4. The number of halogens is 6. The molecule has 2 aliphatic rings. The second-order valence-corrected chi connectivity index (χ2v) is 8.83. The van der Waals surface area contributed by atoms with Crippen molar-refractivity contribution >= 4 is 11.9 Å². The highest BCUT2D eigenvalue weighted by Crippen LogP contribution is 2.33. The molecule has 16 heteroatoms. The number of carbonyl (C=O) groups is 2. The molecule has 2 aliphatic heterocycles. The molecule has 39 heavy (non-hydrogen) atoms. The Morgan fingerprint density at radius 1 is 1.03 bits per heavy atom. The van der Waals surface area contributed by atoms with Gasteiger partial charge < -0.3 is 24.3 Å². The molecule has 0 unspecified atom stereocenters. The third kappa shape index (κ3) is 9.62. The summed E-state index contributed by atoms with van der Waals surface area (Å²) in [5.41, 5.74) is 2.57. The van der Waals surface area contributed by atoms with Gasteiger partial charge in [0.2, 0.25) is 6.79 Å². The van der Waals surface area contributed by atoms with Gasteiger partial charge in [-0.1, -0.05) is 6.07 Å². The van der Waals surface area contributed by atoms with Gasteiger partial charge in [-0.25, -0.2) is 14.6 Å². The van der Waals surface area contributed by atoms with E-state index in [-0.39, 0.29) is 0 Å². The van der Waals surface area contributed by atoms with Gasteiger partial charge in [0, 0.05) is 38.4 Å². The number of benzene rings is 1. The first-order valence-electron chi connectivity index (χ1n) is 11.4. The second kappa shape index (κ2) is 13.0. The zero-order chi connectivity index (χ0) is 29.5. The average molecular weight is 570 g/mol. The molecule has 2 N–H and O–H groups in total. The lowest BCUT2D eigenvalue weighted by atomic mass is 10.2. The van der Waals surface area contributed by atoms with Crippen LogP contribution < -0.4 is 9.47 Å². The van der Waals surface area contributed by atoms with Crippen molar-refractivity contribution < 1.29 is 55.6 Å². The van der Waals surface area contributed by atoms with Gasteiger partial charge in [-0.15, -0.1) is 0 Å². The number of aliphatic carboxylic acids is 2. The summed E-state index contributed by atoms with van der Waals surface area (Å²) in [6, 6.07) is 6.75. The average Bonchev–Trinajstić information content (AvgIpc) is 3.45. The van der Waals surface area contributed by atoms with Crippen LogP contribution >= 0.6 is 0 Å². The SMILES string of the molecule is CC(C)N(C)Cc1cnc2n1CCN(Cc1ccc3c(c1)OCO3)C2.O=C(O)C(F)(F)F.O=C(O)C(F)(F)F. The predicted molar refractivity (Wildman–Crippen MR) is 123 cm³/mol. The Morgan fingerprint density at radius 3 is 2.13 bits per heavy atom. The Kier molecular flexibility index (Phi) is 10.6. The van der Waals surface area contributed by atoms with Crippen LogP contribution in [0.25, 0.3) is 0 Å². The van der Waals surface area contributed by atoms with Gasteiger partial charge in [0.05, 0.1) is 12.2 Å². The largest absolute Gasteiger partial charge is 0.490 e. The standard InChI is InChI=1S/C19H26N4O2.2C2HF3O2/c1-14(2)21(3)11-16-9-20-19-12-22(6-7-23(16)19)10-15-4-5-17-18(8-15)25-13-24-17;2*3-2(4,5)1(6)7/h4-5,8-9,14H,6-7,10-13H2,1-3H3;2*(H,6,7). The number of carboxylic acid groups (broad SMARTS) is 2. The molecule has 4 rings (SSSR count).